The van der Waals surface area contributed by atoms with Crippen LogP contribution in [0.2, 0.25) is 0 Å². The van der Waals surface area contributed by atoms with E-state index >= 15 is 0 Å². The number of hydrogen-bond acceptors (Lipinski definition) is 3. The average molecular weight is 303 g/mol. The quantitative estimate of drug-likeness (QED) is 0.759. The van der Waals surface area contributed by atoms with Crippen molar-refractivity contribution in [1.82, 2.24) is 10.2 Å². The smallest absolute Gasteiger partial charge is 0.399 e. The monoisotopic (exact) mass is 303 g/mol. The highest BCUT2D eigenvalue weighted by Crippen LogP contribution is 2.12. The first kappa shape index (κ1) is 17.3. The normalized spacial score (nSPS) is 11.7. The van der Waals surface area contributed by atoms with Gasteiger partial charge in [-0.05, 0) is 30.7 Å². The van der Waals surface area contributed by atoms with E-state index in [0.29, 0.717) is 18.8 Å². The van der Waals surface area contributed by atoms with E-state index in [1.54, 1.807) is 23.1 Å². The molecule has 118 valence electrons. The molecule has 1 aromatic carbocycles. The van der Waals surface area contributed by atoms with Gasteiger partial charge in [0, 0.05) is 12.2 Å². The van der Waals surface area contributed by atoms with Crippen molar-refractivity contribution in [3.05, 3.63) is 29.8 Å². The van der Waals surface area contributed by atoms with Gasteiger partial charge in [0.25, 0.3) is 0 Å². The molecule has 1 amide bonds. The maximum atomic E-state index is 12.1. The van der Waals surface area contributed by atoms with E-state index in [1.807, 2.05) is 18.3 Å². The molecular formula is C14H20F3N3O. The van der Waals surface area contributed by atoms with E-state index < -0.39 is 18.6 Å². The number of anilines is 1. The number of carbonyl (C=O) groups is 1. The molecule has 0 spiro atoms. The summed E-state index contributed by atoms with van der Waals surface area (Å²) >= 11 is 0. The molecule has 21 heavy (non-hydrogen) atoms. The number of halogens is 3. The van der Waals surface area contributed by atoms with Gasteiger partial charge in [-0.1, -0.05) is 19.1 Å². The summed E-state index contributed by atoms with van der Waals surface area (Å²) in [4.78, 5) is 13.3. The Balaban J connectivity index is 2.55. The Labute approximate surface area is 122 Å². The van der Waals surface area contributed by atoms with Crippen LogP contribution in [0.25, 0.3) is 0 Å². The predicted octanol–water partition coefficient (Wildman–Crippen LogP) is 2.16. The van der Waals surface area contributed by atoms with Gasteiger partial charge >= 0.3 is 6.18 Å². The molecule has 0 heterocycles. The third-order valence-corrected chi connectivity index (χ3v) is 2.75. The van der Waals surface area contributed by atoms with Gasteiger partial charge < -0.3 is 11.1 Å². The first-order valence-electron chi connectivity index (χ1n) is 6.70. The molecule has 0 radical (unpaired) electrons. The van der Waals surface area contributed by atoms with Crippen LogP contribution in [0, 0.1) is 0 Å². The highest BCUT2D eigenvalue weighted by Gasteiger charge is 2.27. The Kier molecular flexibility index (Phi) is 6.48. The van der Waals surface area contributed by atoms with Crippen LogP contribution in [0.4, 0.5) is 18.9 Å². The van der Waals surface area contributed by atoms with Gasteiger partial charge in [-0.2, -0.15) is 13.2 Å². The molecule has 0 aliphatic heterocycles. The molecule has 7 heteroatoms. The summed E-state index contributed by atoms with van der Waals surface area (Å²) in [7, 11) is 0. The van der Waals surface area contributed by atoms with E-state index in [2.05, 4.69) is 0 Å². The van der Waals surface area contributed by atoms with Crippen molar-refractivity contribution >= 4 is 11.6 Å². The van der Waals surface area contributed by atoms with E-state index in [-0.39, 0.29) is 6.54 Å². The van der Waals surface area contributed by atoms with Crippen LogP contribution in [-0.4, -0.2) is 36.6 Å². The second-order valence-corrected chi connectivity index (χ2v) is 4.85. The fourth-order valence-electron chi connectivity index (χ4n) is 1.94. The Hall–Kier alpha value is -1.76. The van der Waals surface area contributed by atoms with Crippen LogP contribution in [0.3, 0.4) is 0 Å². The molecule has 3 N–H and O–H groups in total. The van der Waals surface area contributed by atoms with Crippen molar-refractivity contribution in [1.29, 1.82) is 0 Å². The predicted molar refractivity (Wildman–Crippen MR) is 75.5 cm³/mol. The van der Waals surface area contributed by atoms with Crippen molar-refractivity contribution in [2.75, 3.05) is 25.4 Å². The summed E-state index contributed by atoms with van der Waals surface area (Å²) in [6, 6.07) is 7.21. The highest BCUT2D eigenvalue weighted by atomic mass is 19.4. The molecule has 1 aromatic rings. The van der Waals surface area contributed by atoms with Crippen LogP contribution in [0.15, 0.2) is 24.3 Å². The molecule has 0 saturated carbocycles. The van der Waals surface area contributed by atoms with Crippen molar-refractivity contribution in [2.24, 2.45) is 0 Å². The number of benzene rings is 1. The van der Waals surface area contributed by atoms with Crippen molar-refractivity contribution in [3.63, 3.8) is 0 Å². The minimum Gasteiger partial charge on any atom is -0.399 e. The molecule has 0 aliphatic carbocycles. The number of rotatable bonds is 7. The maximum Gasteiger partial charge on any atom is 0.405 e. The Bertz CT molecular complexity index is 463. The number of amides is 1. The summed E-state index contributed by atoms with van der Waals surface area (Å²) in [5.74, 6) is -0.635. The summed E-state index contributed by atoms with van der Waals surface area (Å²) in [6.07, 6.45) is -3.59. The van der Waals surface area contributed by atoms with Gasteiger partial charge in [-0.25, -0.2) is 0 Å². The molecular weight excluding hydrogens is 283 g/mol. The second kappa shape index (κ2) is 7.87. The van der Waals surface area contributed by atoms with E-state index in [4.69, 9.17) is 5.73 Å². The molecule has 0 atom stereocenters. The van der Waals surface area contributed by atoms with Gasteiger partial charge in [0.05, 0.1) is 6.54 Å². The van der Waals surface area contributed by atoms with Gasteiger partial charge in [0.15, 0.2) is 0 Å². The SMILES string of the molecule is CCCN(CC(=O)NCC(F)(F)F)Cc1cccc(N)c1. The van der Waals surface area contributed by atoms with Crippen LogP contribution >= 0.6 is 0 Å². The molecule has 0 aromatic heterocycles. The summed E-state index contributed by atoms with van der Waals surface area (Å²) in [6.45, 7) is 1.66. The first-order valence-corrected chi connectivity index (χ1v) is 6.70. The topological polar surface area (TPSA) is 58.4 Å². The fourth-order valence-corrected chi connectivity index (χ4v) is 1.94. The fraction of sp³-hybridized carbons (Fsp3) is 0.500. The summed E-state index contributed by atoms with van der Waals surface area (Å²) in [5.41, 5.74) is 7.22. The summed E-state index contributed by atoms with van der Waals surface area (Å²) in [5, 5.41) is 1.88. The van der Waals surface area contributed by atoms with Crippen molar-refractivity contribution in [2.45, 2.75) is 26.1 Å². The van der Waals surface area contributed by atoms with Gasteiger partial charge in [0.2, 0.25) is 5.91 Å². The van der Waals surface area contributed by atoms with Crippen LogP contribution < -0.4 is 11.1 Å². The van der Waals surface area contributed by atoms with Crippen molar-refractivity contribution in [3.8, 4) is 0 Å². The lowest BCUT2D eigenvalue weighted by atomic mass is 10.2. The zero-order chi connectivity index (χ0) is 15.9. The Morgan fingerprint density at radius 1 is 1.38 bits per heavy atom. The molecule has 4 nitrogen and oxygen atoms in total. The highest BCUT2D eigenvalue weighted by molar-refractivity contribution is 5.78. The van der Waals surface area contributed by atoms with Crippen LogP contribution in [0.5, 0.6) is 0 Å². The average Bonchev–Trinajstić information content (AvgIpc) is 2.36. The number of nitrogens with zero attached hydrogens (tertiary/aromatic N) is 1. The number of carbonyl (C=O) groups excluding carboxylic acids is 1. The minimum absolute atomic E-state index is 0.0707. The molecule has 0 bridgehead atoms. The number of nitrogens with one attached hydrogen (secondary N) is 1. The summed E-state index contributed by atoms with van der Waals surface area (Å²) < 4.78 is 36.2. The first-order chi connectivity index (χ1) is 9.80. The molecule has 0 saturated heterocycles. The standard InChI is InChI=1S/C14H20F3N3O/c1-2-6-20(8-11-4-3-5-12(18)7-11)9-13(21)19-10-14(15,16)17/h3-5,7H,2,6,8-10,18H2,1H3,(H,19,21). The van der Waals surface area contributed by atoms with Crippen molar-refractivity contribution < 1.29 is 18.0 Å². The lowest BCUT2D eigenvalue weighted by Crippen LogP contribution is -2.41. The molecule has 0 aliphatic rings. The zero-order valence-corrected chi connectivity index (χ0v) is 11.9. The van der Waals surface area contributed by atoms with Gasteiger partial charge in [-0.3, -0.25) is 9.69 Å². The number of alkyl halides is 3. The lowest BCUT2D eigenvalue weighted by Gasteiger charge is -2.21. The van der Waals surface area contributed by atoms with Crippen LogP contribution in [0.1, 0.15) is 18.9 Å². The zero-order valence-electron chi connectivity index (χ0n) is 11.9. The third kappa shape index (κ3) is 7.55. The maximum absolute atomic E-state index is 12.1. The number of nitrogens with two attached hydrogens (primary N) is 1. The molecule has 0 unspecified atom stereocenters. The Morgan fingerprint density at radius 3 is 2.67 bits per heavy atom. The second-order valence-electron chi connectivity index (χ2n) is 4.85. The molecule has 1 rings (SSSR count). The van der Waals surface area contributed by atoms with Crippen LogP contribution in [-0.2, 0) is 11.3 Å². The third-order valence-electron chi connectivity index (χ3n) is 2.75. The van der Waals surface area contributed by atoms with Gasteiger partial charge in [-0.15, -0.1) is 0 Å². The lowest BCUT2D eigenvalue weighted by molar-refractivity contribution is -0.139. The number of hydrogen-bond donors (Lipinski definition) is 2. The number of nitrogen functional groups attached to an aromatic ring is 1. The van der Waals surface area contributed by atoms with E-state index in [9.17, 15) is 18.0 Å². The minimum atomic E-state index is -4.39. The Morgan fingerprint density at radius 2 is 2.10 bits per heavy atom. The molecule has 0 fully saturated rings. The van der Waals surface area contributed by atoms with E-state index in [1.165, 1.54) is 0 Å². The van der Waals surface area contributed by atoms with Gasteiger partial charge in [0.1, 0.15) is 6.54 Å². The largest absolute Gasteiger partial charge is 0.405 e. The van der Waals surface area contributed by atoms with E-state index in [0.717, 1.165) is 12.0 Å².